The maximum absolute atomic E-state index is 12.8. The lowest BCUT2D eigenvalue weighted by molar-refractivity contribution is 0.0783. The summed E-state index contributed by atoms with van der Waals surface area (Å²) in [6, 6.07) is 16.4. The van der Waals surface area contributed by atoms with Crippen molar-refractivity contribution in [1.82, 2.24) is 19.8 Å². The van der Waals surface area contributed by atoms with Crippen LogP contribution in [0.25, 0.3) is 5.57 Å². The number of ether oxygens (including phenoxy) is 1. The lowest BCUT2D eigenvalue weighted by atomic mass is 10.0. The second kappa shape index (κ2) is 12.5. The van der Waals surface area contributed by atoms with E-state index in [-0.39, 0.29) is 18.0 Å². The molecule has 3 aromatic rings. The molecule has 38 heavy (non-hydrogen) atoms. The van der Waals surface area contributed by atoms with Crippen LogP contribution in [0, 0.1) is 0 Å². The summed E-state index contributed by atoms with van der Waals surface area (Å²) in [7, 11) is 1.74. The second-order valence-electron chi connectivity index (χ2n) is 8.68. The predicted octanol–water partition coefficient (Wildman–Crippen LogP) is 4.05. The smallest absolute Gasteiger partial charge is 0.410 e. The highest BCUT2D eigenvalue weighted by Gasteiger charge is 2.20. The number of anilines is 1. The summed E-state index contributed by atoms with van der Waals surface area (Å²) < 4.78 is 5.09. The molecule has 4 rings (SSSR count). The van der Waals surface area contributed by atoms with Crippen LogP contribution in [0.2, 0.25) is 0 Å². The minimum absolute atomic E-state index is 0.107. The standard InChI is InChI=1S/C28H31N7O3/c1-3-38-28(37)35-17-13-20(14-18-35)24-8-6-16-31-25(24)33-27(29)32-22-11-9-21(10-12-22)26(36)34(2)19-23-7-4-5-15-30-23/h4-13,15-16H,3,14,17-19H2,1-2H3,(H3,29,31,32,33). The van der Waals surface area contributed by atoms with E-state index in [1.165, 1.54) is 0 Å². The molecule has 0 fully saturated rings. The van der Waals surface area contributed by atoms with Crippen molar-refractivity contribution >= 4 is 35.0 Å². The highest BCUT2D eigenvalue weighted by atomic mass is 16.6. The normalized spacial score (nSPS) is 13.5. The van der Waals surface area contributed by atoms with Gasteiger partial charge in [0.1, 0.15) is 0 Å². The number of amides is 2. The van der Waals surface area contributed by atoms with Crippen molar-refractivity contribution in [1.29, 1.82) is 0 Å². The van der Waals surface area contributed by atoms with Gasteiger partial charge >= 0.3 is 6.09 Å². The third-order valence-electron chi connectivity index (χ3n) is 5.97. The molecule has 0 saturated heterocycles. The lowest BCUT2D eigenvalue weighted by Gasteiger charge is -2.26. The molecule has 3 N–H and O–H groups in total. The fourth-order valence-corrected chi connectivity index (χ4v) is 4.04. The zero-order valence-electron chi connectivity index (χ0n) is 21.5. The van der Waals surface area contributed by atoms with E-state index in [1.807, 2.05) is 36.4 Å². The largest absolute Gasteiger partial charge is 0.450 e. The number of guanidine groups is 1. The maximum atomic E-state index is 12.8. The molecule has 0 aliphatic carbocycles. The number of carbonyl (C=O) groups is 2. The van der Waals surface area contributed by atoms with Crippen LogP contribution in [0.1, 0.15) is 35.0 Å². The first-order chi connectivity index (χ1) is 18.4. The highest BCUT2D eigenvalue weighted by Crippen LogP contribution is 2.29. The van der Waals surface area contributed by atoms with E-state index in [9.17, 15) is 9.59 Å². The number of carbonyl (C=O) groups excluding carboxylic acids is 2. The monoisotopic (exact) mass is 513 g/mol. The molecule has 0 spiro atoms. The number of hydrogen-bond donors (Lipinski definition) is 2. The summed E-state index contributed by atoms with van der Waals surface area (Å²) in [6.07, 6.45) is 5.70. The van der Waals surface area contributed by atoms with Crippen LogP contribution >= 0.6 is 0 Å². The van der Waals surface area contributed by atoms with Crippen LogP contribution in [0.4, 0.5) is 16.3 Å². The van der Waals surface area contributed by atoms with Gasteiger partial charge in [0.25, 0.3) is 5.91 Å². The Morgan fingerprint density at radius 3 is 2.58 bits per heavy atom. The van der Waals surface area contributed by atoms with Crippen molar-refractivity contribution in [2.75, 3.05) is 32.1 Å². The van der Waals surface area contributed by atoms with Gasteiger partial charge in [0, 0.05) is 49.3 Å². The number of nitrogens with two attached hydrogens (primary N) is 1. The number of aromatic nitrogens is 2. The topological polar surface area (TPSA) is 126 Å². The summed E-state index contributed by atoms with van der Waals surface area (Å²) in [6.45, 7) is 3.57. The molecule has 0 unspecified atom stereocenters. The van der Waals surface area contributed by atoms with Crippen LogP contribution < -0.4 is 11.1 Å². The molecule has 196 valence electrons. The molecule has 10 nitrogen and oxygen atoms in total. The first-order valence-corrected chi connectivity index (χ1v) is 12.4. The van der Waals surface area contributed by atoms with Gasteiger partial charge in [-0.05, 0) is 67.4 Å². The predicted molar refractivity (Wildman–Crippen MR) is 147 cm³/mol. The van der Waals surface area contributed by atoms with Gasteiger partial charge in [-0.1, -0.05) is 12.1 Å². The lowest BCUT2D eigenvalue weighted by Crippen LogP contribution is -2.35. The van der Waals surface area contributed by atoms with Gasteiger partial charge in [-0.2, -0.15) is 4.99 Å². The Bertz CT molecular complexity index is 1320. The number of aliphatic imine (C=N–C) groups is 1. The molecule has 2 amide bonds. The maximum Gasteiger partial charge on any atom is 0.410 e. The fraction of sp³-hybridized carbons (Fsp3) is 0.250. The number of nitrogens with one attached hydrogen (secondary N) is 1. The number of nitrogens with zero attached hydrogens (tertiary/aromatic N) is 5. The number of pyridine rings is 2. The molecule has 0 atom stereocenters. The van der Waals surface area contributed by atoms with E-state index in [2.05, 4.69) is 20.3 Å². The molecule has 2 aromatic heterocycles. The minimum Gasteiger partial charge on any atom is -0.450 e. The van der Waals surface area contributed by atoms with Crippen LogP contribution in [0.3, 0.4) is 0 Å². The van der Waals surface area contributed by atoms with E-state index in [0.29, 0.717) is 49.7 Å². The molecule has 1 aromatic carbocycles. The zero-order chi connectivity index (χ0) is 26.9. The zero-order valence-corrected chi connectivity index (χ0v) is 21.5. The molecule has 0 saturated carbocycles. The third-order valence-corrected chi connectivity index (χ3v) is 5.97. The second-order valence-corrected chi connectivity index (χ2v) is 8.68. The molecular weight excluding hydrogens is 482 g/mol. The molecular formula is C28H31N7O3. The van der Waals surface area contributed by atoms with E-state index in [0.717, 1.165) is 16.8 Å². The molecule has 1 aliphatic rings. The van der Waals surface area contributed by atoms with Gasteiger partial charge in [0.15, 0.2) is 11.8 Å². The van der Waals surface area contributed by atoms with Crippen molar-refractivity contribution in [2.24, 2.45) is 10.7 Å². The van der Waals surface area contributed by atoms with Gasteiger partial charge in [-0.3, -0.25) is 9.78 Å². The average molecular weight is 514 g/mol. The summed E-state index contributed by atoms with van der Waals surface area (Å²) in [5.74, 6) is 0.543. The van der Waals surface area contributed by atoms with Crippen LogP contribution in [0.5, 0.6) is 0 Å². The first kappa shape index (κ1) is 26.3. The van der Waals surface area contributed by atoms with Crippen molar-refractivity contribution < 1.29 is 14.3 Å². The van der Waals surface area contributed by atoms with E-state index >= 15 is 0 Å². The fourth-order valence-electron chi connectivity index (χ4n) is 4.04. The number of hydrogen-bond acceptors (Lipinski definition) is 6. The average Bonchev–Trinajstić information content (AvgIpc) is 2.94. The summed E-state index contributed by atoms with van der Waals surface area (Å²) in [5, 5.41) is 3.06. The quantitative estimate of drug-likeness (QED) is 0.360. The van der Waals surface area contributed by atoms with Gasteiger partial charge in [0.2, 0.25) is 0 Å². The Morgan fingerprint density at radius 2 is 1.89 bits per heavy atom. The number of benzene rings is 1. The molecule has 0 bridgehead atoms. The third kappa shape index (κ3) is 6.73. The van der Waals surface area contributed by atoms with Crippen molar-refractivity contribution in [3.05, 3.63) is 89.9 Å². The van der Waals surface area contributed by atoms with Crippen molar-refractivity contribution in [3.63, 3.8) is 0 Å². The Labute approximate surface area is 221 Å². The summed E-state index contributed by atoms with van der Waals surface area (Å²) >= 11 is 0. The summed E-state index contributed by atoms with van der Waals surface area (Å²) in [4.78, 5) is 41.2. The van der Waals surface area contributed by atoms with Gasteiger partial charge in [-0.25, -0.2) is 9.78 Å². The number of rotatable bonds is 7. The molecule has 1 aliphatic heterocycles. The van der Waals surface area contributed by atoms with E-state index in [4.69, 9.17) is 10.5 Å². The first-order valence-electron chi connectivity index (χ1n) is 12.4. The molecule has 10 heteroatoms. The van der Waals surface area contributed by atoms with E-state index in [1.54, 1.807) is 60.4 Å². The van der Waals surface area contributed by atoms with Crippen LogP contribution in [-0.2, 0) is 11.3 Å². The summed E-state index contributed by atoms with van der Waals surface area (Å²) in [5.41, 5.74) is 10.2. The van der Waals surface area contributed by atoms with Crippen LogP contribution in [-0.4, -0.2) is 64.5 Å². The SMILES string of the molecule is CCOC(=O)N1CC=C(c2cccnc2N=C(N)Nc2ccc(C(=O)N(C)Cc3ccccn3)cc2)CC1. The van der Waals surface area contributed by atoms with Gasteiger partial charge in [-0.15, -0.1) is 0 Å². The Kier molecular flexibility index (Phi) is 8.65. The Balaban J connectivity index is 1.40. The minimum atomic E-state index is -0.312. The Hall–Kier alpha value is -4.73. The molecule has 3 heterocycles. The van der Waals surface area contributed by atoms with Crippen LogP contribution in [0.15, 0.2) is 78.1 Å². The Morgan fingerprint density at radius 1 is 1.11 bits per heavy atom. The van der Waals surface area contributed by atoms with Gasteiger partial charge < -0.3 is 25.6 Å². The van der Waals surface area contributed by atoms with E-state index < -0.39 is 0 Å². The van der Waals surface area contributed by atoms with Crippen molar-refractivity contribution in [2.45, 2.75) is 19.9 Å². The van der Waals surface area contributed by atoms with Crippen molar-refractivity contribution in [3.8, 4) is 0 Å². The highest BCUT2D eigenvalue weighted by molar-refractivity contribution is 5.97. The van der Waals surface area contributed by atoms with Gasteiger partial charge in [0.05, 0.1) is 18.8 Å². The molecule has 0 radical (unpaired) electrons.